The van der Waals surface area contributed by atoms with Crippen molar-refractivity contribution in [2.45, 2.75) is 6.92 Å². The molecule has 0 amide bonds. The number of carbonyl (C=O) groups excluding carboxylic acids is 1. The third-order valence-electron chi connectivity index (χ3n) is 2.29. The van der Waals surface area contributed by atoms with Crippen LogP contribution in [0.2, 0.25) is 0 Å². The fourth-order valence-electron chi connectivity index (χ4n) is 1.42. The molecule has 4 nitrogen and oxygen atoms in total. The van der Waals surface area contributed by atoms with E-state index in [0.29, 0.717) is 18.1 Å². The van der Waals surface area contributed by atoms with E-state index in [2.05, 4.69) is 0 Å². The number of benzene rings is 1. The minimum atomic E-state index is -0.352. The predicted molar refractivity (Wildman–Crippen MR) is 74.4 cm³/mol. The maximum Gasteiger partial charge on any atom is 0.330 e. The molecule has 0 fully saturated rings. The van der Waals surface area contributed by atoms with Gasteiger partial charge in [-0.2, -0.15) is 0 Å². The monoisotopic (exact) mass is 262 g/mol. The standard InChI is InChI=1S/C15H18O4/c1-4-19-15(16)8-6-5-7-12-9-13(17-2)11-14(10-12)18-3/h5-11H,4H2,1-3H3/b7-5+,8-6+. The van der Waals surface area contributed by atoms with E-state index in [4.69, 9.17) is 14.2 Å². The molecule has 0 atom stereocenters. The summed E-state index contributed by atoms with van der Waals surface area (Å²) in [6, 6.07) is 5.54. The Hall–Kier alpha value is -2.23. The van der Waals surface area contributed by atoms with Gasteiger partial charge in [0.1, 0.15) is 11.5 Å². The molecule has 19 heavy (non-hydrogen) atoms. The Labute approximate surface area is 113 Å². The van der Waals surface area contributed by atoms with Crippen LogP contribution >= 0.6 is 0 Å². The number of carbonyl (C=O) groups is 1. The van der Waals surface area contributed by atoms with Crippen molar-refractivity contribution in [3.63, 3.8) is 0 Å². The Morgan fingerprint density at radius 2 is 1.74 bits per heavy atom. The van der Waals surface area contributed by atoms with Crippen molar-refractivity contribution >= 4 is 12.0 Å². The second-order valence-electron chi connectivity index (χ2n) is 3.62. The summed E-state index contributed by atoms with van der Waals surface area (Å²) in [6.07, 6.45) is 6.60. The first kappa shape index (κ1) is 14.8. The highest BCUT2D eigenvalue weighted by Crippen LogP contribution is 2.23. The Bertz CT molecular complexity index is 453. The van der Waals surface area contributed by atoms with Crippen LogP contribution in [0.5, 0.6) is 11.5 Å². The molecule has 0 bridgehead atoms. The second-order valence-corrected chi connectivity index (χ2v) is 3.62. The Morgan fingerprint density at radius 1 is 1.11 bits per heavy atom. The zero-order chi connectivity index (χ0) is 14.1. The largest absolute Gasteiger partial charge is 0.497 e. The summed E-state index contributed by atoms with van der Waals surface area (Å²) in [4.78, 5) is 11.1. The third-order valence-corrected chi connectivity index (χ3v) is 2.29. The molecule has 0 aliphatic carbocycles. The molecule has 1 rings (SSSR count). The quantitative estimate of drug-likeness (QED) is 0.449. The predicted octanol–water partition coefficient (Wildman–Crippen LogP) is 2.84. The van der Waals surface area contributed by atoms with E-state index in [1.807, 2.05) is 18.2 Å². The van der Waals surface area contributed by atoms with Gasteiger partial charge in [0.05, 0.1) is 20.8 Å². The van der Waals surface area contributed by atoms with Gasteiger partial charge in [0.15, 0.2) is 0 Å². The van der Waals surface area contributed by atoms with E-state index < -0.39 is 0 Å². The van der Waals surface area contributed by atoms with Crippen molar-refractivity contribution in [2.24, 2.45) is 0 Å². The van der Waals surface area contributed by atoms with Gasteiger partial charge in [0, 0.05) is 12.1 Å². The third kappa shape index (κ3) is 5.29. The number of rotatable bonds is 6. The molecule has 102 valence electrons. The minimum absolute atomic E-state index is 0.352. The van der Waals surface area contributed by atoms with Gasteiger partial charge < -0.3 is 14.2 Å². The second kappa shape index (κ2) is 7.97. The molecule has 1 aromatic carbocycles. The molecule has 0 saturated heterocycles. The Morgan fingerprint density at radius 3 is 2.26 bits per heavy atom. The van der Waals surface area contributed by atoms with Gasteiger partial charge in [-0.3, -0.25) is 0 Å². The lowest BCUT2D eigenvalue weighted by atomic mass is 10.2. The topological polar surface area (TPSA) is 44.8 Å². The van der Waals surface area contributed by atoms with E-state index in [0.717, 1.165) is 5.56 Å². The minimum Gasteiger partial charge on any atom is -0.497 e. The average molecular weight is 262 g/mol. The van der Waals surface area contributed by atoms with Crippen molar-refractivity contribution in [3.8, 4) is 11.5 Å². The fraction of sp³-hybridized carbons (Fsp3) is 0.267. The molecule has 0 unspecified atom stereocenters. The molecule has 0 N–H and O–H groups in total. The van der Waals surface area contributed by atoms with Crippen LogP contribution in [-0.2, 0) is 9.53 Å². The maximum absolute atomic E-state index is 11.1. The van der Waals surface area contributed by atoms with Crippen LogP contribution in [0, 0.1) is 0 Å². The molecule has 0 spiro atoms. The molecule has 0 saturated carbocycles. The first-order valence-corrected chi connectivity index (χ1v) is 5.94. The number of esters is 1. The highest BCUT2D eigenvalue weighted by Gasteiger charge is 1.98. The van der Waals surface area contributed by atoms with E-state index in [-0.39, 0.29) is 5.97 Å². The van der Waals surface area contributed by atoms with Crippen LogP contribution in [0.1, 0.15) is 12.5 Å². The van der Waals surface area contributed by atoms with Gasteiger partial charge >= 0.3 is 5.97 Å². The molecular weight excluding hydrogens is 244 g/mol. The molecule has 0 aliphatic heterocycles. The van der Waals surface area contributed by atoms with Gasteiger partial charge in [0.2, 0.25) is 0 Å². The van der Waals surface area contributed by atoms with E-state index >= 15 is 0 Å². The van der Waals surface area contributed by atoms with Crippen molar-refractivity contribution in [2.75, 3.05) is 20.8 Å². The summed E-state index contributed by atoms with van der Waals surface area (Å²) in [7, 11) is 3.20. The number of hydrogen-bond donors (Lipinski definition) is 0. The van der Waals surface area contributed by atoms with Gasteiger partial charge in [-0.05, 0) is 24.6 Å². The summed E-state index contributed by atoms with van der Waals surface area (Å²) in [5.74, 6) is 1.08. The highest BCUT2D eigenvalue weighted by molar-refractivity contribution is 5.82. The average Bonchev–Trinajstić information content (AvgIpc) is 2.43. The summed E-state index contributed by atoms with van der Waals surface area (Å²) in [5, 5.41) is 0. The molecule has 0 radical (unpaired) electrons. The zero-order valence-electron chi connectivity index (χ0n) is 11.4. The van der Waals surface area contributed by atoms with Crippen LogP contribution in [0.15, 0.2) is 36.4 Å². The lowest BCUT2D eigenvalue weighted by Crippen LogP contribution is -1.98. The number of allylic oxidation sites excluding steroid dienone is 2. The van der Waals surface area contributed by atoms with Crippen LogP contribution in [0.25, 0.3) is 6.08 Å². The van der Waals surface area contributed by atoms with Crippen molar-refractivity contribution in [1.29, 1.82) is 0 Å². The van der Waals surface area contributed by atoms with Gasteiger partial charge in [-0.1, -0.05) is 18.2 Å². The van der Waals surface area contributed by atoms with Gasteiger partial charge in [-0.25, -0.2) is 4.79 Å². The number of methoxy groups -OCH3 is 2. The van der Waals surface area contributed by atoms with Crippen molar-refractivity contribution in [3.05, 3.63) is 42.0 Å². The first-order valence-electron chi connectivity index (χ1n) is 5.94. The molecule has 0 aliphatic rings. The van der Waals surface area contributed by atoms with Crippen molar-refractivity contribution in [1.82, 2.24) is 0 Å². The smallest absolute Gasteiger partial charge is 0.330 e. The highest BCUT2D eigenvalue weighted by atomic mass is 16.5. The van der Waals surface area contributed by atoms with Crippen molar-refractivity contribution < 1.29 is 19.0 Å². The summed E-state index contributed by atoms with van der Waals surface area (Å²) in [6.45, 7) is 2.14. The van der Waals surface area contributed by atoms with E-state index in [9.17, 15) is 4.79 Å². The Balaban J connectivity index is 2.73. The summed E-state index contributed by atoms with van der Waals surface area (Å²) >= 11 is 0. The maximum atomic E-state index is 11.1. The Kier molecular flexibility index (Phi) is 6.22. The summed E-state index contributed by atoms with van der Waals surface area (Å²) in [5.41, 5.74) is 0.921. The van der Waals surface area contributed by atoms with Crippen LogP contribution in [0.4, 0.5) is 0 Å². The fourth-order valence-corrected chi connectivity index (χ4v) is 1.42. The van der Waals surface area contributed by atoms with Gasteiger partial charge in [-0.15, -0.1) is 0 Å². The molecule has 0 heterocycles. The van der Waals surface area contributed by atoms with Crippen LogP contribution in [0.3, 0.4) is 0 Å². The SMILES string of the molecule is CCOC(=O)/C=C/C=C/c1cc(OC)cc(OC)c1. The van der Waals surface area contributed by atoms with E-state index in [1.54, 1.807) is 39.4 Å². The zero-order valence-corrected chi connectivity index (χ0v) is 11.4. The number of hydrogen-bond acceptors (Lipinski definition) is 4. The molecule has 4 heteroatoms. The first-order chi connectivity index (χ1) is 9.19. The number of ether oxygens (including phenoxy) is 3. The molecular formula is C15H18O4. The van der Waals surface area contributed by atoms with E-state index in [1.165, 1.54) is 6.08 Å². The van der Waals surface area contributed by atoms with Gasteiger partial charge in [0.25, 0.3) is 0 Å². The van der Waals surface area contributed by atoms with Crippen LogP contribution < -0.4 is 9.47 Å². The van der Waals surface area contributed by atoms with Crippen LogP contribution in [-0.4, -0.2) is 26.8 Å². The lowest BCUT2D eigenvalue weighted by Gasteiger charge is -2.05. The summed E-state index contributed by atoms with van der Waals surface area (Å²) < 4.78 is 15.1. The normalized spacial score (nSPS) is 10.9. The molecule has 0 aromatic heterocycles. The lowest BCUT2D eigenvalue weighted by molar-refractivity contribution is -0.137. The molecule has 1 aromatic rings.